The van der Waals surface area contributed by atoms with Gasteiger partial charge >= 0.3 is 0 Å². The molecule has 0 aliphatic carbocycles. The summed E-state index contributed by atoms with van der Waals surface area (Å²) in [7, 11) is -2.85. The van der Waals surface area contributed by atoms with Crippen molar-refractivity contribution >= 4 is 32.4 Å². The first-order valence-electron chi connectivity index (χ1n) is 8.67. The van der Waals surface area contributed by atoms with E-state index >= 15 is 0 Å². The van der Waals surface area contributed by atoms with Gasteiger partial charge in [-0.3, -0.25) is 4.90 Å². The van der Waals surface area contributed by atoms with Crippen molar-refractivity contribution < 1.29 is 13.2 Å². The van der Waals surface area contributed by atoms with Crippen LogP contribution >= 0.6 is 0 Å². The molecule has 2 N–H and O–H groups in total. The van der Waals surface area contributed by atoms with Gasteiger partial charge in [-0.25, -0.2) is 13.4 Å². The predicted octanol–water partition coefficient (Wildman–Crippen LogP) is 1.21. The van der Waals surface area contributed by atoms with Crippen LogP contribution in [0.1, 0.15) is 0 Å². The van der Waals surface area contributed by atoms with E-state index in [2.05, 4.69) is 30.4 Å². The van der Waals surface area contributed by atoms with Crippen LogP contribution in [0.15, 0.2) is 36.7 Å². The van der Waals surface area contributed by atoms with Crippen LogP contribution in [0, 0.1) is 0 Å². The van der Waals surface area contributed by atoms with Crippen molar-refractivity contribution in [2.24, 2.45) is 0 Å². The number of anilines is 2. The number of fused-ring (bicyclic) bond motifs is 1. The van der Waals surface area contributed by atoms with Crippen LogP contribution < -0.4 is 10.1 Å². The number of sulfone groups is 1. The summed E-state index contributed by atoms with van der Waals surface area (Å²) in [5, 5.41) is 11.4. The SMILES string of the molecule is O=S1(=O)CCN(CCOc2ccc(Nc3ccc4nc[nH]c4c3)nn2)CC1. The van der Waals surface area contributed by atoms with Gasteiger partial charge in [-0.15, -0.1) is 10.2 Å². The monoisotopic (exact) mass is 388 g/mol. The van der Waals surface area contributed by atoms with Crippen molar-refractivity contribution in [2.75, 3.05) is 43.1 Å². The Bertz CT molecular complexity index is 1000. The molecular formula is C17H20N6O3S. The fourth-order valence-electron chi connectivity index (χ4n) is 2.88. The maximum Gasteiger partial charge on any atom is 0.233 e. The van der Waals surface area contributed by atoms with Gasteiger partial charge in [-0.2, -0.15) is 0 Å². The van der Waals surface area contributed by atoms with Crippen LogP contribution in [0.4, 0.5) is 11.5 Å². The summed E-state index contributed by atoms with van der Waals surface area (Å²) in [6.07, 6.45) is 1.66. The Morgan fingerprint density at radius 1 is 1.15 bits per heavy atom. The summed E-state index contributed by atoms with van der Waals surface area (Å²) in [4.78, 5) is 9.33. The zero-order valence-corrected chi connectivity index (χ0v) is 15.4. The molecule has 1 fully saturated rings. The van der Waals surface area contributed by atoms with Crippen LogP contribution in [0.3, 0.4) is 0 Å². The van der Waals surface area contributed by atoms with Gasteiger partial charge in [0.05, 0.1) is 28.9 Å². The number of aromatic nitrogens is 4. The first kappa shape index (κ1) is 17.7. The molecule has 1 aliphatic heterocycles. The Labute approximate surface area is 156 Å². The van der Waals surface area contributed by atoms with Crippen LogP contribution in [-0.4, -0.2) is 71.2 Å². The highest BCUT2D eigenvalue weighted by Gasteiger charge is 2.21. The molecule has 4 rings (SSSR count). The number of rotatable bonds is 6. The normalized spacial score (nSPS) is 17.0. The number of benzene rings is 1. The third-order valence-corrected chi connectivity index (χ3v) is 6.04. The molecule has 9 nitrogen and oxygen atoms in total. The van der Waals surface area contributed by atoms with Crippen molar-refractivity contribution in [2.45, 2.75) is 0 Å². The second-order valence-corrected chi connectivity index (χ2v) is 8.66. The Morgan fingerprint density at radius 3 is 2.78 bits per heavy atom. The zero-order chi connectivity index (χ0) is 18.7. The van der Waals surface area contributed by atoms with E-state index in [-0.39, 0.29) is 11.5 Å². The number of H-pyrrole nitrogens is 1. The fourth-order valence-corrected chi connectivity index (χ4v) is 4.15. The molecule has 0 amide bonds. The third kappa shape index (κ3) is 4.52. The van der Waals surface area contributed by atoms with Crippen LogP contribution in [0.5, 0.6) is 5.88 Å². The second-order valence-electron chi connectivity index (χ2n) is 6.36. The van der Waals surface area contributed by atoms with Crippen LogP contribution in [-0.2, 0) is 9.84 Å². The number of nitrogens with zero attached hydrogens (tertiary/aromatic N) is 4. The molecule has 142 valence electrons. The molecule has 0 atom stereocenters. The Balaban J connectivity index is 1.27. The van der Waals surface area contributed by atoms with Gasteiger partial charge in [0, 0.05) is 31.4 Å². The molecule has 1 aromatic carbocycles. The van der Waals surface area contributed by atoms with Gasteiger partial charge in [0.15, 0.2) is 15.7 Å². The summed E-state index contributed by atoms with van der Waals surface area (Å²) < 4.78 is 28.4. The Hall–Kier alpha value is -2.72. The Morgan fingerprint density at radius 2 is 2.00 bits per heavy atom. The van der Waals surface area contributed by atoms with Gasteiger partial charge < -0.3 is 15.0 Å². The molecule has 1 aliphatic rings. The zero-order valence-electron chi connectivity index (χ0n) is 14.6. The lowest BCUT2D eigenvalue weighted by Crippen LogP contribution is -2.42. The lowest BCUT2D eigenvalue weighted by atomic mass is 10.3. The van der Waals surface area contributed by atoms with E-state index in [0.29, 0.717) is 37.9 Å². The number of nitrogens with one attached hydrogen (secondary N) is 2. The maximum absolute atomic E-state index is 11.4. The number of hydrogen-bond acceptors (Lipinski definition) is 8. The summed E-state index contributed by atoms with van der Waals surface area (Å²) in [6.45, 7) is 2.22. The molecule has 10 heteroatoms. The first-order valence-corrected chi connectivity index (χ1v) is 10.5. The van der Waals surface area contributed by atoms with Crippen molar-refractivity contribution in [1.82, 2.24) is 25.1 Å². The van der Waals surface area contributed by atoms with E-state index in [4.69, 9.17) is 4.74 Å². The summed E-state index contributed by atoms with van der Waals surface area (Å²) in [5.41, 5.74) is 2.73. The molecule has 3 heterocycles. The molecule has 3 aromatic rings. The maximum atomic E-state index is 11.4. The summed E-state index contributed by atoms with van der Waals surface area (Å²) in [5.74, 6) is 1.49. The number of imidazole rings is 1. The highest BCUT2D eigenvalue weighted by Crippen LogP contribution is 2.19. The second kappa shape index (κ2) is 7.49. The lowest BCUT2D eigenvalue weighted by Gasteiger charge is -2.26. The van der Waals surface area contributed by atoms with Crippen molar-refractivity contribution in [3.8, 4) is 5.88 Å². The van der Waals surface area contributed by atoms with E-state index in [1.54, 1.807) is 18.5 Å². The van der Waals surface area contributed by atoms with E-state index < -0.39 is 9.84 Å². The van der Waals surface area contributed by atoms with E-state index in [9.17, 15) is 8.42 Å². The molecular weight excluding hydrogens is 368 g/mol. The lowest BCUT2D eigenvalue weighted by molar-refractivity contribution is 0.214. The molecule has 0 unspecified atom stereocenters. The molecule has 0 radical (unpaired) electrons. The fraction of sp³-hybridized carbons (Fsp3) is 0.353. The third-order valence-electron chi connectivity index (χ3n) is 4.43. The van der Waals surface area contributed by atoms with E-state index in [0.717, 1.165) is 16.7 Å². The minimum absolute atomic E-state index is 0.220. The minimum atomic E-state index is -2.85. The van der Waals surface area contributed by atoms with Gasteiger partial charge in [-0.1, -0.05) is 0 Å². The average molecular weight is 388 g/mol. The van der Waals surface area contributed by atoms with Gasteiger partial charge in [0.1, 0.15) is 6.61 Å². The largest absolute Gasteiger partial charge is 0.475 e. The van der Waals surface area contributed by atoms with E-state index in [1.165, 1.54) is 0 Å². The van der Waals surface area contributed by atoms with E-state index in [1.807, 2.05) is 18.2 Å². The molecule has 0 spiro atoms. The van der Waals surface area contributed by atoms with Crippen molar-refractivity contribution in [1.29, 1.82) is 0 Å². The smallest absolute Gasteiger partial charge is 0.233 e. The van der Waals surface area contributed by atoms with Crippen LogP contribution in [0.25, 0.3) is 11.0 Å². The predicted molar refractivity (Wildman–Crippen MR) is 102 cm³/mol. The topological polar surface area (TPSA) is 113 Å². The Kier molecular flexibility index (Phi) is 4.90. The summed E-state index contributed by atoms with van der Waals surface area (Å²) >= 11 is 0. The quantitative estimate of drug-likeness (QED) is 0.648. The molecule has 0 saturated carbocycles. The number of aromatic amines is 1. The standard InChI is InChI=1S/C17H20N6O3S/c24-27(25)9-6-23(7-10-27)5-8-26-17-4-3-16(21-22-17)20-13-1-2-14-15(11-13)19-12-18-14/h1-4,11-12H,5-10H2,(H,18,19)(H,20,21). The minimum Gasteiger partial charge on any atom is -0.475 e. The number of ether oxygens (including phenoxy) is 1. The summed E-state index contributed by atoms with van der Waals surface area (Å²) in [6, 6.07) is 9.35. The first-order chi connectivity index (χ1) is 13.1. The van der Waals surface area contributed by atoms with Gasteiger partial charge in [-0.05, 0) is 24.3 Å². The van der Waals surface area contributed by atoms with Crippen LogP contribution in [0.2, 0.25) is 0 Å². The number of hydrogen-bond donors (Lipinski definition) is 2. The molecule has 1 saturated heterocycles. The van der Waals surface area contributed by atoms with Crippen molar-refractivity contribution in [3.63, 3.8) is 0 Å². The molecule has 0 bridgehead atoms. The average Bonchev–Trinajstić information content (AvgIpc) is 3.12. The molecule has 27 heavy (non-hydrogen) atoms. The highest BCUT2D eigenvalue weighted by atomic mass is 32.2. The van der Waals surface area contributed by atoms with Gasteiger partial charge in [0.25, 0.3) is 0 Å². The van der Waals surface area contributed by atoms with Crippen molar-refractivity contribution in [3.05, 3.63) is 36.7 Å². The molecule has 2 aromatic heterocycles. The van der Waals surface area contributed by atoms with Gasteiger partial charge in [0.2, 0.25) is 5.88 Å². The highest BCUT2D eigenvalue weighted by molar-refractivity contribution is 7.91.